The molecule has 0 aliphatic carbocycles. The highest BCUT2D eigenvalue weighted by atomic mass is 32.2. The standard InChI is InChI=1S/C32H39N3O5.C31H40N4O5S/c1-5-33-27-13-7-24(8-14-27)30(25-9-15-28(16-10-25)34-6-2)26-11-17-29(18-12-26)35-19-20-39-32(37)40-22-21-38-31(36)23(3)4;1-5-32-27-13-7-24(8-14-27)30(25-9-15-28(16-10-25)33-6-2)26-11-17-29(18-12-26)34-19-22-40-41(37,38)35-20-21-39-31(36)23(3)4/h7-18,30,33-35H,3,5-6,19-22H2,1-2,4H3;7-18,30,32-35H,3,5-6,19-22H2,1-2,4H3. The van der Waals surface area contributed by atoms with Crippen LogP contribution in [-0.4, -0.2) is 105 Å². The van der Waals surface area contributed by atoms with Crippen molar-refractivity contribution in [2.45, 2.75) is 53.4 Å². The van der Waals surface area contributed by atoms with Gasteiger partial charge in [0.15, 0.2) is 0 Å². The molecule has 0 unspecified atom stereocenters. The van der Waals surface area contributed by atoms with Crippen LogP contribution < -0.4 is 36.6 Å². The number of esters is 2. The van der Waals surface area contributed by atoms with E-state index < -0.39 is 28.4 Å². The van der Waals surface area contributed by atoms with Crippen LogP contribution in [0.5, 0.6) is 0 Å². The highest BCUT2D eigenvalue weighted by Gasteiger charge is 2.20. The van der Waals surface area contributed by atoms with Gasteiger partial charge in [-0.15, -0.1) is 0 Å². The van der Waals surface area contributed by atoms with Gasteiger partial charge in [-0.2, -0.15) is 13.1 Å². The van der Waals surface area contributed by atoms with E-state index in [0.717, 1.165) is 65.9 Å². The molecule has 0 saturated heterocycles. The smallest absolute Gasteiger partial charge is 0.461 e. The summed E-state index contributed by atoms with van der Waals surface area (Å²) in [6.45, 7) is 22.3. The average Bonchev–Trinajstić information content (AvgIpc) is 3.65. The van der Waals surface area contributed by atoms with Crippen LogP contribution in [0.25, 0.3) is 0 Å². The highest BCUT2D eigenvalue weighted by molar-refractivity contribution is 7.84. The van der Waals surface area contributed by atoms with Crippen LogP contribution in [-0.2, 0) is 43.0 Å². The molecule has 0 spiro atoms. The molecule has 0 aromatic heterocycles. The van der Waals surface area contributed by atoms with Crippen molar-refractivity contribution in [3.63, 3.8) is 0 Å². The quantitative estimate of drug-likeness (QED) is 0.00687. The minimum absolute atomic E-state index is 0.0459. The normalized spacial score (nSPS) is 10.9. The molecule has 7 N–H and O–H groups in total. The predicted octanol–water partition coefficient (Wildman–Crippen LogP) is 11.5. The van der Waals surface area contributed by atoms with Crippen LogP contribution >= 0.6 is 0 Å². The molecule has 6 aromatic rings. The van der Waals surface area contributed by atoms with E-state index in [1.807, 2.05) is 24.3 Å². The zero-order chi connectivity index (χ0) is 58.4. The fourth-order valence-electron chi connectivity index (χ4n) is 8.31. The predicted molar refractivity (Wildman–Crippen MR) is 326 cm³/mol. The molecular formula is C63H79N7O10S. The minimum atomic E-state index is -3.96. The third-order valence-corrected chi connectivity index (χ3v) is 13.2. The van der Waals surface area contributed by atoms with Crippen LogP contribution in [0, 0.1) is 0 Å². The second-order valence-corrected chi connectivity index (χ2v) is 20.0. The van der Waals surface area contributed by atoms with Gasteiger partial charge in [0.2, 0.25) is 0 Å². The Kier molecular flexibility index (Phi) is 26.6. The van der Waals surface area contributed by atoms with Crippen molar-refractivity contribution in [1.82, 2.24) is 4.72 Å². The second kappa shape index (κ2) is 34.0. The van der Waals surface area contributed by atoms with Crippen molar-refractivity contribution in [3.05, 3.63) is 203 Å². The summed E-state index contributed by atoms with van der Waals surface area (Å²) in [5.74, 6) is -0.975. The maximum absolute atomic E-state index is 12.0. The second-order valence-electron chi connectivity index (χ2n) is 18.5. The van der Waals surface area contributed by atoms with Gasteiger partial charge >= 0.3 is 28.4 Å². The van der Waals surface area contributed by atoms with E-state index >= 15 is 0 Å². The number of hydrogen-bond acceptors (Lipinski definition) is 16. The molecule has 0 heterocycles. The first kappa shape index (κ1) is 63.5. The fourth-order valence-corrected chi connectivity index (χ4v) is 9.03. The molecule has 0 bridgehead atoms. The minimum Gasteiger partial charge on any atom is -0.461 e. The molecule has 0 radical (unpaired) electrons. The van der Waals surface area contributed by atoms with Gasteiger partial charge in [0, 0.05) is 103 Å². The van der Waals surface area contributed by atoms with Gasteiger partial charge in [0.1, 0.15) is 26.4 Å². The lowest BCUT2D eigenvalue weighted by atomic mass is 9.85. The molecule has 18 heteroatoms. The van der Waals surface area contributed by atoms with Crippen LogP contribution in [0.15, 0.2) is 170 Å². The van der Waals surface area contributed by atoms with Crippen molar-refractivity contribution in [3.8, 4) is 0 Å². The van der Waals surface area contributed by atoms with Crippen molar-refractivity contribution < 1.29 is 45.9 Å². The third kappa shape index (κ3) is 22.0. The molecule has 0 aliphatic rings. The van der Waals surface area contributed by atoms with Crippen LogP contribution in [0.3, 0.4) is 0 Å². The first-order valence-corrected chi connectivity index (χ1v) is 28.7. The molecule has 0 saturated carbocycles. The lowest BCUT2D eigenvalue weighted by Gasteiger charge is -2.20. The average molecular weight is 1130 g/mol. The number of nitrogens with one attached hydrogen (secondary N) is 7. The molecule has 17 nitrogen and oxygen atoms in total. The Bertz CT molecular complexity index is 2900. The topological polar surface area (TPSA) is 216 Å². The number of carbonyl (C=O) groups is 3. The van der Waals surface area contributed by atoms with E-state index in [-0.39, 0.29) is 69.1 Å². The largest absolute Gasteiger partial charge is 0.508 e. The van der Waals surface area contributed by atoms with Crippen LogP contribution in [0.1, 0.15) is 86.8 Å². The third-order valence-electron chi connectivity index (χ3n) is 12.2. The van der Waals surface area contributed by atoms with E-state index in [2.05, 4.69) is 199 Å². The lowest BCUT2D eigenvalue weighted by Crippen LogP contribution is -2.31. The van der Waals surface area contributed by atoms with E-state index in [1.165, 1.54) is 34.7 Å². The Hall–Kier alpha value is -8.32. The van der Waals surface area contributed by atoms with Crippen molar-refractivity contribution >= 4 is 62.5 Å². The zero-order valence-electron chi connectivity index (χ0n) is 47.4. The molecular weight excluding hydrogens is 1050 g/mol. The Morgan fingerprint density at radius 2 is 0.642 bits per heavy atom. The van der Waals surface area contributed by atoms with Gasteiger partial charge in [0.05, 0.1) is 6.61 Å². The Morgan fingerprint density at radius 3 is 0.951 bits per heavy atom. The van der Waals surface area contributed by atoms with E-state index in [4.69, 9.17) is 23.1 Å². The SMILES string of the molecule is C=C(C)C(=O)OCCNS(=O)(=O)OCCNc1ccc(C(c2ccc(NCC)cc2)c2ccc(NCC)cc2)cc1.C=C(C)C(=O)OCCOC(=O)OCCNc1ccc(C(c2ccc(NCC)cc2)c2ccc(NCC)cc2)cc1. The summed E-state index contributed by atoms with van der Waals surface area (Å²) in [4.78, 5) is 34.3. The molecule has 0 fully saturated rings. The Morgan fingerprint density at radius 1 is 0.383 bits per heavy atom. The van der Waals surface area contributed by atoms with Gasteiger partial charge in [-0.1, -0.05) is 86.0 Å². The number of benzene rings is 6. The molecule has 6 rings (SSSR count). The van der Waals surface area contributed by atoms with Gasteiger partial charge in [-0.05, 0) is 148 Å². The Labute approximate surface area is 478 Å². The molecule has 6 aromatic carbocycles. The first-order valence-electron chi connectivity index (χ1n) is 27.2. The van der Waals surface area contributed by atoms with Crippen LogP contribution in [0.4, 0.5) is 38.9 Å². The summed E-state index contributed by atoms with van der Waals surface area (Å²) in [6.07, 6.45) is -0.813. The first-order chi connectivity index (χ1) is 39.1. The van der Waals surface area contributed by atoms with Crippen LogP contribution in [0.2, 0.25) is 0 Å². The summed E-state index contributed by atoms with van der Waals surface area (Å²) >= 11 is 0. The van der Waals surface area contributed by atoms with Crippen molar-refractivity contribution in [1.29, 1.82) is 0 Å². The van der Waals surface area contributed by atoms with Gasteiger partial charge in [0.25, 0.3) is 0 Å². The maximum Gasteiger partial charge on any atom is 0.508 e. The summed E-state index contributed by atoms with van der Waals surface area (Å²) in [5, 5.41) is 19.9. The maximum atomic E-state index is 12.0. The van der Waals surface area contributed by atoms with E-state index in [1.54, 1.807) is 6.92 Å². The highest BCUT2D eigenvalue weighted by Crippen LogP contribution is 2.36. The zero-order valence-corrected chi connectivity index (χ0v) is 48.2. The number of hydrogen-bond donors (Lipinski definition) is 7. The van der Waals surface area contributed by atoms with E-state index in [9.17, 15) is 22.8 Å². The van der Waals surface area contributed by atoms with Crippen molar-refractivity contribution in [2.75, 3.05) is 111 Å². The summed E-state index contributed by atoms with van der Waals surface area (Å²) in [7, 11) is -3.96. The fraction of sp³-hybridized carbons (Fsp3) is 0.317. The Balaban J connectivity index is 0.000000297. The molecule has 0 atom stereocenters. The summed E-state index contributed by atoms with van der Waals surface area (Å²) < 4.78 is 50.9. The number of ether oxygens (including phenoxy) is 4. The monoisotopic (exact) mass is 1130 g/mol. The molecule has 0 amide bonds. The number of carbonyl (C=O) groups excluding carboxylic acids is 3. The molecule has 432 valence electrons. The van der Waals surface area contributed by atoms with Gasteiger partial charge in [-0.25, -0.2) is 14.4 Å². The van der Waals surface area contributed by atoms with Gasteiger partial charge < -0.3 is 50.8 Å². The molecule has 0 aliphatic heterocycles. The van der Waals surface area contributed by atoms with Gasteiger partial charge in [-0.3, -0.25) is 4.18 Å². The van der Waals surface area contributed by atoms with Crippen molar-refractivity contribution in [2.24, 2.45) is 0 Å². The number of anilines is 6. The number of rotatable bonds is 32. The lowest BCUT2D eigenvalue weighted by molar-refractivity contribution is -0.140. The summed E-state index contributed by atoms with van der Waals surface area (Å²) in [5.41, 5.74) is 13.8. The summed E-state index contributed by atoms with van der Waals surface area (Å²) in [6, 6.07) is 50.6. The molecule has 81 heavy (non-hydrogen) atoms. The van der Waals surface area contributed by atoms with E-state index in [0.29, 0.717) is 6.54 Å².